The number of hydrogen-bond donors (Lipinski definition) is 4. The fourth-order valence-electron chi connectivity index (χ4n) is 9.02. The van der Waals surface area contributed by atoms with Crippen LogP contribution in [0.25, 0.3) is 10.8 Å². The smallest absolute Gasteiger partial charge is 0.315 e. The molecule has 0 radical (unpaired) electrons. The van der Waals surface area contributed by atoms with E-state index in [4.69, 9.17) is 0 Å². The molecular formula is C39H50N6O6S. The number of nitrogens with zero attached hydrogens (tertiary/aromatic N) is 2. The van der Waals surface area contributed by atoms with Crippen molar-refractivity contribution in [3.05, 3.63) is 59.7 Å². The Morgan fingerprint density at radius 3 is 2.29 bits per heavy atom. The summed E-state index contributed by atoms with van der Waals surface area (Å²) in [5.41, 5.74) is 0.978. The summed E-state index contributed by atoms with van der Waals surface area (Å²) in [4.78, 5) is 60.1. The molecule has 3 saturated carbocycles. The van der Waals surface area contributed by atoms with Crippen LogP contribution in [0.2, 0.25) is 0 Å². The molecule has 13 heteroatoms. The summed E-state index contributed by atoms with van der Waals surface area (Å²) in [6.45, 7) is 1.62. The highest BCUT2D eigenvalue weighted by Gasteiger charge is 2.62. The number of rotatable bonds is 6. The second-order valence-corrected chi connectivity index (χ2v) is 17.9. The van der Waals surface area contributed by atoms with E-state index < -0.39 is 44.7 Å². The predicted molar refractivity (Wildman–Crippen MR) is 196 cm³/mol. The third-order valence-corrected chi connectivity index (χ3v) is 14.0. The van der Waals surface area contributed by atoms with E-state index in [2.05, 4.69) is 62.0 Å². The van der Waals surface area contributed by atoms with Crippen LogP contribution in [0.15, 0.2) is 48.6 Å². The molecule has 0 spiro atoms. The van der Waals surface area contributed by atoms with Gasteiger partial charge in [-0.1, -0.05) is 74.2 Å². The number of urea groups is 1. The lowest BCUT2D eigenvalue weighted by Gasteiger charge is -2.34. The van der Waals surface area contributed by atoms with Gasteiger partial charge in [0.05, 0.1) is 5.25 Å². The zero-order valence-corrected chi connectivity index (χ0v) is 30.5. The number of sulfonamides is 1. The Kier molecular flexibility index (Phi) is 9.52. The van der Waals surface area contributed by atoms with Gasteiger partial charge in [0.2, 0.25) is 21.8 Å². The number of hydrogen-bond acceptors (Lipinski definition) is 7. The minimum absolute atomic E-state index is 0.0859. The third kappa shape index (κ3) is 7.05. The van der Waals surface area contributed by atoms with Gasteiger partial charge in [-0.05, 0) is 79.7 Å². The number of carbonyl (C=O) groups excluding carboxylic acids is 4. The van der Waals surface area contributed by atoms with Crippen LogP contribution in [0.3, 0.4) is 0 Å². The molecule has 2 aromatic carbocycles. The quantitative estimate of drug-likeness (QED) is 0.330. The minimum atomic E-state index is -3.84. The van der Waals surface area contributed by atoms with Crippen molar-refractivity contribution < 1.29 is 27.6 Å². The van der Waals surface area contributed by atoms with E-state index in [0.717, 1.165) is 51.4 Å². The first-order valence-electron chi connectivity index (χ1n) is 19.3. The summed E-state index contributed by atoms with van der Waals surface area (Å²) in [6.07, 6.45) is 13.2. The zero-order chi connectivity index (χ0) is 36.0. The summed E-state index contributed by atoms with van der Waals surface area (Å²) < 4.78 is 28.0. The van der Waals surface area contributed by atoms with Crippen LogP contribution in [-0.2, 0) is 37.5 Å². The van der Waals surface area contributed by atoms with E-state index in [1.165, 1.54) is 21.9 Å². The van der Waals surface area contributed by atoms with Crippen LogP contribution < -0.4 is 20.7 Å². The molecule has 0 aromatic heterocycles. The van der Waals surface area contributed by atoms with E-state index in [1.807, 2.05) is 12.2 Å². The lowest BCUT2D eigenvalue weighted by Crippen LogP contribution is -2.59. The molecule has 0 bridgehead atoms. The second-order valence-electron chi connectivity index (χ2n) is 15.9. The second kappa shape index (κ2) is 14.1. The summed E-state index contributed by atoms with van der Waals surface area (Å²) in [5.74, 6) is -1.86. The van der Waals surface area contributed by atoms with Crippen LogP contribution >= 0.6 is 0 Å². The topological polar surface area (TPSA) is 157 Å². The standard InChI is InChI=1S/C39H50N6O6S/c46-35-33-20-30(44-22-26-12-8-10-25-11-9-13-27(23-44)34(25)26)24-45(33)36(47)32(41-38(49)40-29-15-6-7-16-29)17-5-3-1-2-4-14-28-21-39(28,42-35)37(48)43-52(50,51)31-18-19-31/h4,8-14,28-33H,1-3,5-7,15-24H2,(H,42,46)(H,43,48)(H2,40,41,49)/b14-4+/t28?,30-,32?,33?,39?/m1/s1. The zero-order valence-electron chi connectivity index (χ0n) is 29.6. The predicted octanol–water partition coefficient (Wildman–Crippen LogP) is 3.74. The molecule has 4 N–H and O–H groups in total. The Balaban J connectivity index is 1.08. The lowest BCUT2D eigenvalue weighted by molar-refractivity contribution is -0.141. The maximum atomic E-state index is 14.7. The van der Waals surface area contributed by atoms with Gasteiger partial charge >= 0.3 is 6.03 Å². The Morgan fingerprint density at radius 2 is 1.58 bits per heavy atom. The number of fused-ring (bicyclic) bond motifs is 2. The van der Waals surface area contributed by atoms with Gasteiger partial charge in [0.25, 0.3) is 5.91 Å². The van der Waals surface area contributed by atoms with E-state index in [0.29, 0.717) is 38.8 Å². The monoisotopic (exact) mass is 730 g/mol. The van der Waals surface area contributed by atoms with Crippen molar-refractivity contribution in [2.45, 2.75) is 132 Å². The van der Waals surface area contributed by atoms with Gasteiger partial charge in [0.15, 0.2) is 0 Å². The summed E-state index contributed by atoms with van der Waals surface area (Å²) in [6, 6.07) is 10.4. The molecule has 3 aliphatic heterocycles. The van der Waals surface area contributed by atoms with Gasteiger partial charge in [-0.15, -0.1) is 0 Å². The molecule has 12 nitrogen and oxygen atoms in total. The average molecular weight is 731 g/mol. The molecule has 4 unspecified atom stereocenters. The van der Waals surface area contributed by atoms with E-state index in [9.17, 15) is 27.6 Å². The molecule has 3 heterocycles. The number of amides is 5. The van der Waals surface area contributed by atoms with Crippen LogP contribution in [0.5, 0.6) is 0 Å². The average Bonchev–Trinajstić information content (AvgIpc) is 3.99. The molecule has 52 heavy (non-hydrogen) atoms. The van der Waals surface area contributed by atoms with E-state index in [-0.39, 0.29) is 42.9 Å². The van der Waals surface area contributed by atoms with Gasteiger partial charge in [-0.2, -0.15) is 0 Å². The molecule has 4 fully saturated rings. The van der Waals surface area contributed by atoms with Crippen molar-refractivity contribution in [2.24, 2.45) is 5.92 Å². The highest BCUT2D eigenvalue weighted by Crippen LogP contribution is 2.46. The number of carbonyl (C=O) groups is 4. The SMILES string of the molecule is O=C(NC1CCCC1)NC1CCCCC/C=C/C2CC2(C(=O)NS(=O)(=O)C2CC2)NC(=O)C2C[C@@H](N3Cc4cccc5cccc(c45)C3)CN2C1=O. The van der Waals surface area contributed by atoms with Crippen molar-refractivity contribution in [2.75, 3.05) is 6.54 Å². The van der Waals surface area contributed by atoms with Crippen LogP contribution in [0, 0.1) is 5.92 Å². The first kappa shape index (κ1) is 35.1. The van der Waals surface area contributed by atoms with Gasteiger partial charge in [-0.25, -0.2) is 13.2 Å². The van der Waals surface area contributed by atoms with Crippen LogP contribution in [0.4, 0.5) is 4.79 Å². The molecule has 3 aliphatic carbocycles. The molecule has 278 valence electrons. The first-order chi connectivity index (χ1) is 25.1. The first-order valence-corrected chi connectivity index (χ1v) is 20.8. The van der Waals surface area contributed by atoms with Gasteiger partial charge in [-0.3, -0.25) is 24.0 Å². The van der Waals surface area contributed by atoms with Gasteiger partial charge in [0, 0.05) is 37.6 Å². The maximum Gasteiger partial charge on any atom is 0.315 e. The van der Waals surface area contributed by atoms with Crippen LogP contribution in [0.1, 0.15) is 94.6 Å². The maximum absolute atomic E-state index is 14.7. The lowest BCUT2D eigenvalue weighted by atomic mass is 9.94. The molecule has 1 saturated heterocycles. The Labute approximate surface area is 305 Å². The van der Waals surface area contributed by atoms with Crippen molar-refractivity contribution in [3.63, 3.8) is 0 Å². The number of nitrogens with one attached hydrogen (secondary N) is 4. The van der Waals surface area contributed by atoms with Crippen LogP contribution in [-0.4, -0.2) is 83.5 Å². The minimum Gasteiger partial charge on any atom is -0.339 e. The summed E-state index contributed by atoms with van der Waals surface area (Å²) in [7, 11) is -3.84. The molecular weight excluding hydrogens is 681 g/mol. The number of allylic oxidation sites excluding steroid dienone is 1. The largest absolute Gasteiger partial charge is 0.339 e. The molecule has 8 rings (SSSR count). The Bertz CT molecular complexity index is 1850. The Morgan fingerprint density at radius 1 is 0.865 bits per heavy atom. The highest BCUT2D eigenvalue weighted by atomic mass is 32.2. The normalized spacial score (nSPS) is 30.7. The Hall–Kier alpha value is -3.97. The third-order valence-electron chi connectivity index (χ3n) is 12.2. The summed E-state index contributed by atoms with van der Waals surface area (Å²) >= 11 is 0. The van der Waals surface area contributed by atoms with E-state index >= 15 is 0 Å². The summed E-state index contributed by atoms with van der Waals surface area (Å²) in [5, 5.41) is 10.9. The van der Waals surface area contributed by atoms with Crippen molar-refractivity contribution in [1.29, 1.82) is 0 Å². The van der Waals surface area contributed by atoms with Gasteiger partial charge in [0.1, 0.15) is 17.6 Å². The number of benzene rings is 2. The molecule has 5 amide bonds. The fourth-order valence-corrected chi connectivity index (χ4v) is 10.4. The van der Waals surface area contributed by atoms with E-state index in [1.54, 1.807) is 4.90 Å². The molecule has 6 aliphatic rings. The van der Waals surface area contributed by atoms with Crippen molar-refractivity contribution in [1.82, 2.24) is 30.5 Å². The van der Waals surface area contributed by atoms with Crippen molar-refractivity contribution in [3.8, 4) is 0 Å². The van der Waals surface area contributed by atoms with Crippen molar-refractivity contribution >= 4 is 44.5 Å². The fraction of sp³-hybridized carbons (Fsp3) is 0.590. The van der Waals surface area contributed by atoms with Gasteiger partial charge < -0.3 is 20.9 Å². The molecule has 5 atom stereocenters. The molecule has 2 aromatic rings. The highest BCUT2D eigenvalue weighted by molar-refractivity contribution is 7.91.